The second-order valence-corrected chi connectivity index (χ2v) is 6.56. The Hall–Kier alpha value is -4.01. The van der Waals surface area contributed by atoms with Gasteiger partial charge in [-0.15, -0.1) is 0 Å². The molecule has 0 aliphatic rings. The molecule has 4 aromatic rings. The average molecular weight is 425 g/mol. The molecule has 0 saturated carbocycles. The van der Waals surface area contributed by atoms with Crippen molar-refractivity contribution in [2.75, 3.05) is 7.11 Å². The number of alkyl halides is 3. The van der Waals surface area contributed by atoms with Crippen LogP contribution in [-0.4, -0.2) is 33.5 Å². The number of halogens is 3. The second-order valence-electron chi connectivity index (χ2n) is 6.56. The number of carbonyl (C=O) groups excluding carboxylic acids is 2. The summed E-state index contributed by atoms with van der Waals surface area (Å²) in [6.45, 7) is 0. The number of nitrogens with zero attached hydrogens (tertiary/aromatic N) is 3. The third kappa shape index (κ3) is 3.77. The molecule has 0 radical (unpaired) electrons. The quantitative estimate of drug-likeness (QED) is 0.357. The lowest BCUT2D eigenvalue weighted by molar-refractivity contribution is -0.137. The first-order valence-electron chi connectivity index (χ1n) is 9.04. The monoisotopic (exact) mass is 425 g/mol. The molecule has 4 rings (SSSR count). The van der Waals surface area contributed by atoms with Crippen LogP contribution in [-0.2, 0) is 10.9 Å². The van der Waals surface area contributed by atoms with Crippen LogP contribution in [0.15, 0.2) is 66.9 Å². The van der Waals surface area contributed by atoms with E-state index >= 15 is 0 Å². The Morgan fingerprint density at radius 1 is 0.935 bits per heavy atom. The van der Waals surface area contributed by atoms with E-state index in [9.17, 15) is 22.8 Å². The van der Waals surface area contributed by atoms with Crippen molar-refractivity contribution in [2.24, 2.45) is 0 Å². The van der Waals surface area contributed by atoms with Crippen LogP contribution in [0.25, 0.3) is 16.8 Å². The maximum atomic E-state index is 13.4. The highest BCUT2D eigenvalue weighted by Crippen LogP contribution is 2.32. The van der Waals surface area contributed by atoms with Crippen LogP contribution in [0, 0.1) is 0 Å². The van der Waals surface area contributed by atoms with Crippen LogP contribution < -0.4 is 0 Å². The number of fused-ring (bicyclic) bond motifs is 1. The van der Waals surface area contributed by atoms with Gasteiger partial charge in [-0.05, 0) is 24.3 Å². The molecule has 3 heterocycles. The number of rotatable bonds is 4. The number of pyridine rings is 2. The summed E-state index contributed by atoms with van der Waals surface area (Å²) in [6, 6.07) is 15.0. The van der Waals surface area contributed by atoms with E-state index in [1.807, 2.05) is 0 Å². The molecule has 0 amide bonds. The Morgan fingerprint density at radius 2 is 1.65 bits per heavy atom. The van der Waals surface area contributed by atoms with Crippen LogP contribution in [0.4, 0.5) is 13.2 Å². The first kappa shape index (κ1) is 20.3. The summed E-state index contributed by atoms with van der Waals surface area (Å²) in [5, 5.41) is 4.25. The van der Waals surface area contributed by atoms with Gasteiger partial charge in [0.15, 0.2) is 0 Å². The summed E-state index contributed by atoms with van der Waals surface area (Å²) in [5.74, 6) is -1.30. The van der Waals surface area contributed by atoms with E-state index in [0.717, 1.165) is 16.8 Å². The summed E-state index contributed by atoms with van der Waals surface area (Å²) in [4.78, 5) is 29.2. The Kier molecular flexibility index (Phi) is 5.02. The lowest BCUT2D eigenvalue weighted by atomic mass is 10.0. The maximum Gasteiger partial charge on any atom is 0.417 e. The summed E-state index contributed by atoms with van der Waals surface area (Å²) >= 11 is 0. The van der Waals surface area contributed by atoms with Crippen LogP contribution >= 0.6 is 0 Å². The van der Waals surface area contributed by atoms with Crippen LogP contribution in [0.2, 0.25) is 0 Å². The highest BCUT2D eigenvalue weighted by atomic mass is 19.4. The molecule has 0 bridgehead atoms. The van der Waals surface area contributed by atoms with E-state index in [2.05, 4.69) is 14.8 Å². The largest absolute Gasteiger partial charge is 0.464 e. The van der Waals surface area contributed by atoms with Crippen molar-refractivity contribution in [1.29, 1.82) is 0 Å². The van der Waals surface area contributed by atoms with Crippen molar-refractivity contribution in [3.63, 3.8) is 0 Å². The van der Waals surface area contributed by atoms with Gasteiger partial charge in [-0.2, -0.15) is 18.3 Å². The zero-order chi connectivity index (χ0) is 22.2. The number of ketones is 1. The van der Waals surface area contributed by atoms with Crippen molar-refractivity contribution in [2.45, 2.75) is 6.18 Å². The summed E-state index contributed by atoms with van der Waals surface area (Å²) in [6.07, 6.45) is -3.73. The van der Waals surface area contributed by atoms with Crippen molar-refractivity contribution >= 4 is 17.3 Å². The second kappa shape index (κ2) is 7.67. The number of aromatic nitrogens is 3. The van der Waals surface area contributed by atoms with Gasteiger partial charge in [-0.25, -0.2) is 14.3 Å². The molecule has 9 heteroatoms. The number of esters is 1. The van der Waals surface area contributed by atoms with Gasteiger partial charge in [-0.1, -0.05) is 36.4 Å². The van der Waals surface area contributed by atoms with E-state index in [-0.39, 0.29) is 28.2 Å². The molecule has 156 valence electrons. The minimum absolute atomic E-state index is 0.0603. The number of benzene rings is 1. The Labute approximate surface area is 173 Å². The predicted octanol–water partition coefficient (Wildman–Crippen LogP) is 4.43. The highest BCUT2D eigenvalue weighted by Gasteiger charge is 2.32. The van der Waals surface area contributed by atoms with Crippen LogP contribution in [0.1, 0.15) is 32.1 Å². The van der Waals surface area contributed by atoms with Crippen LogP contribution in [0.3, 0.4) is 0 Å². The van der Waals surface area contributed by atoms with Crippen molar-refractivity contribution in [3.8, 4) is 11.3 Å². The Balaban J connectivity index is 1.93. The van der Waals surface area contributed by atoms with Crippen molar-refractivity contribution in [3.05, 3.63) is 89.4 Å². The van der Waals surface area contributed by atoms with E-state index in [4.69, 9.17) is 0 Å². The number of ether oxygens (including phenoxy) is 1. The van der Waals surface area contributed by atoms with Gasteiger partial charge in [0.1, 0.15) is 17.1 Å². The standard InChI is InChI=1S/C22H14F3N3O3/c1-31-21(30)16-9-5-8-15(26-16)20(29)18-17-11-10-14(22(23,24)25)12-28(17)27-19(18)13-6-3-2-4-7-13/h2-12H,1H3. The topological polar surface area (TPSA) is 73.6 Å². The van der Waals surface area contributed by atoms with Gasteiger partial charge in [-0.3, -0.25) is 4.79 Å². The molecular formula is C22H14F3N3O3. The number of hydrogen-bond donors (Lipinski definition) is 0. The lowest BCUT2D eigenvalue weighted by Gasteiger charge is -2.07. The van der Waals surface area contributed by atoms with Gasteiger partial charge in [0.25, 0.3) is 0 Å². The number of hydrogen-bond acceptors (Lipinski definition) is 5. The highest BCUT2D eigenvalue weighted by molar-refractivity contribution is 6.16. The molecule has 0 aliphatic carbocycles. The minimum atomic E-state index is -4.56. The fourth-order valence-corrected chi connectivity index (χ4v) is 3.15. The number of carbonyl (C=O) groups is 2. The molecule has 31 heavy (non-hydrogen) atoms. The Bertz CT molecular complexity index is 1300. The molecule has 0 N–H and O–H groups in total. The molecule has 0 spiro atoms. The molecule has 1 aromatic carbocycles. The van der Waals surface area contributed by atoms with Gasteiger partial charge in [0.2, 0.25) is 5.78 Å². The van der Waals surface area contributed by atoms with Crippen molar-refractivity contribution in [1.82, 2.24) is 14.6 Å². The van der Waals surface area contributed by atoms with E-state index in [1.54, 1.807) is 30.3 Å². The molecule has 0 atom stereocenters. The third-order valence-electron chi connectivity index (χ3n) is 4.61. The van der Waals surface area contributed by atoms with Gasteiger partial charge >= 0.3 is 12.1 Å². The van der Waals surface area contributed by atoms with Gasteiger partial charge < -0.3 is 4.74 Å². The predicted molar refractivity (Wildman–Crippen MR) is 105 cm³/mol. The molecule has 6 nitrogen and oxygen atoms in total. The number of methoxy groups -OCH3 is 1. The maximum absolute atomic E-state index is 13.4. The molecule has 0 aliphatic heterocycles. The molecule has 0 saturated heterocycles. The summed E-state index contributed by atoms with van der Waals surface area (Å²) < 4.78 is 45.1. The van der Waals surface area contributed by atoms with Gasteiger partial charge in [0, 0.05) is 11.8 Å². The van der Waals surface area contributed by atoms with Crippen molar-refractivity contribution < 1.29 is 27.5 Å². The fourth-order valence-electron chi connectivity index (χ4n) is 3.15. The zero-order valence-corrected chi connectivity index (χ0v) is 16.1. The van der Waals surface area contributed by atoms with E-state index < -0.39 is 23.5 Å². The summed E-state index contributed by atoms with van der Waals surface area (Å²) in [7, 11) is 1.19. The Morgan fingerprint density at radius 3 is 2.32 bits per heavy atom. The SMILES string of the molecule is COC(=O)c1cccc(C(=O)c2c(-c3ccccc3)nn3cc(C(F)(F)F)ccc23)n1. The third-order valence-corrected chi connectivity index (χ3v) is 4.61. The first-order chi connectivity index (χ1) is 14.8. The first-order valence-corrected chi connectivity index (χ1v) is 9.04. The van der Waals surface area contributed by atoms with E-state index in [0.29, 0.717) is 5.56 Å². The zero-order valence-electron chi connectivity index (χ0n) is 16.1. The van der Waals surface area contributed by atoms with E-state index in [1.165, 1.54) is 31.4 Å². The minimum Gasteiger partial charge on any atom is -0.464 e. The summed E-state index contributed by atoms with van der Waals surface area (Å²) in [5.41, 5.74) is -0.00811. The molecular weight excluding hydrogens is 411 g/mol. The molecule has 0 unspecified atom stereocenters. The smallest absolute Gasteiger partial charge is 0.417 e. The van der Waals surface area contributed by atoms with Gasteiger partial charge in [0.05, 0.1) is 23.8 Å². The lowest BCUT2D eigenvalue weighted by Crippen LogP contribution is -2.11. The fraction of sp³-hybridized carbons (Fsp3) is 0.0909. The van der Waals surface area contributed by atoms with Crippen LogP contribution in [0.5, 0.6) is 0 Å². The normalized spacial score (nSPS) is 11.5. The molecule has 3 aromatic heterocycles. The average Bonchev–Trinajstić information content (AvgIpc) is 3.17. The molecule has 0 fully saturated rings.